The average molecular weight is 183 g/mol. The molecule has 44 valence electrons. The summed E-state index contributed by atoms with van der Waals surface area (Å²) in [7, 11) is 0. The monoisotopic (exact) mass is 184 g/mol. The number of nitrogens with zero attached hydrogens (tertiary/aromatic N) is 2. The van der Waals surface area contributed by atoms with E-state index in [1.807, 2.05) is 12.1 Å². The van der Waals surface area contributed by atoms with Crippen LogP contribution in [0.15, 0.2) is 24.5 Å². The Morgan fingerprint density at radius 3 is 3.11 bits per heavy atom. The van der Waals surface area contributed by atoms with Crippen LogP contribution in [0.2, 0.25) is 0 Å². The van der Waals surface area contributed by atoms with E-state index in [1.165, 1.54) is 0 Å². The van der Waals surface area contributed by atoms with Crippen molar-refractivity contribution in [3.05, 3.63) is 24.5 Å². The molecule has 1 aromatic heterocycles. The Hall–Kier alpha value is -0.841. The number of pyridine rings is 1. The van der Waals surface area contributed by atoms with Crippen LogP contribution < -0.4 is 4.46 Å². The Bertz CT molecular complexity index is 214. The quantitative estimate of drug-likeness (QED) is 0.569. The van der Waals surface area contributed by atoms with Gasteiger partial charge in [0.2, 0.25) is 0 Å². The molecule has 1 rings (SSSR count). The molecule has 0 aliphatic carbocycles. The summed E-state index contributed by atoms with van der Waals surface area (Å²) in [4.78, 5) is 5.97. The van der Waals surface area contributed by atoms with Crippen molar-refractivity contribution < 1.29 is 0 Å². The van der Waals surface area contributed by atoms with Gasteiger partial charge in [0, 0.05) is 0 Å². The van der Waals surface area contributed by atoms with Gasteiger partial charge >= 0.3 is 59.2 Å². The molecule has 0 bridgehead atoms. The van der Waals surface area contributed by atoms with E-state index < -0.39 is 0 Å². The van der Waals surface area contributed by atoms with Gasteiger partial charge in [0.05, 0.1) is 0 Å². The van der Waals surface area contributed by atoms with Crippen LogP contribution in [0.1, 0.15) is 0 Å². The molecule has 0 atom stereocenters. The predicted molar refractivity (Wildman–Crippen MR) is 35.2 cm³/mol. The van der Waals surface area contributed by atoms with Crippen molar-refractivity contribution >= 4 is 19.4 Å². The predicted octanol–water partition coefficient (Wildman–Crippen LogP) is -0.108. The van der Waals surface area contributed by atoms with Gasteiger partial charge < -0.3 is 0 Å². The summed E-state index contributed by atoms with van der Waals surface area (Å²) in [5.74, 6) is 0. The Kier molecular flexibility index (Phi) is 2.26. The summed E-state index contributed by atoms with van der Waals surface area (Å²) >= 11 is -0.0474. The van der Waals surface area contributed by atoms with E-state index in [9.17, 15) is 0 Å². The van der Waals surface area contributed by atoms with Gasteiger partial charge in [-0.25, -0.2) is 0 Å². The van der Waals surface area contributed by atoms with E-state index in [-0.39, 0.29) is 15.0 Å². The molecule has 0 aromatic carbocycles. The molecule has 0 radical (unpaired) electrons. The van der Waals surface area contributed by atoms with Gasteiger partial charge in [0.25, 0.3) is 0 Å². The van der Waals surface area contributed by atoms with Crippen LogP contribution in [0.5, 0.6) is 0 Å². The van der Waals surface area contributed by atoms with Crippen LogP contribution in [0.3, 0.4) is 0 Å². The minimum absolute atomic E-state index is 0.0474. The van der Waals surface area contributed by atoms with E-state index in [2.05, 4.69) is 9.95 Å². The summed E-state index contributed by atoms with van der Waals surface area (Å²) in [6.45, 7) is 0. The summed E-state index contributed by atoms with van der Waals surface area (Å²) in [5, 5.41) is 8.27. The third-order valence-corrected chi connectivity index (χ3v) is 1.99. The second kappa shape index (κ2) is 3.24. The van der Waals surface area contributed by atoms with Gasteiger partial charge in [0.15, 0.2) is 0 Å². The van der Waals surface area contributed by atoms with E-state index in [1.54, 1.807) is 12.4 Å². The molecule has 9 heavy (non-hydrogen) atoms. The van der Waals surface area contributed by atoms with Crippen molar-refractivity contribution in [3.63, 3.8) is 0 Å². The fraction of sp³-hybridized carbons (Fsp3) is 0. The molecule has 0 aliphatic rings. The number of hydrogen-bond acceptors (Lipinski definition) is 2. The van der Waals surface area contributed by atoms with Crippen LogP contribution in [-0.4, -0.2) is 19.9 Å². The fourth-order valence-corrected chi connectivity index (χ4v) is 1.23. The Morgan fingerprint density at radius 2 is 2.56 bits per heavy atom. The Balaban J connectivity index is 2.76. The molecular formula is C6H4N2Se. The Labute approximate surface area is 59.7 Å². The summed E-state index contributed by atoms with van der Waals surface area (Å²) in [5.41, 5.74) is 0. The van der Waals surface area contributed by atoms with E-state index >= 15 is 0 Å². The first-order chi connectivity index (χ1) is 4.43. The molecule has 0 fully saturated rings. The maximum atomic E-state index is 8.27. The molecule has 0 saturated heterocycles. The van der Waals surface area contributed by atoms with Gasteiger partial charge in [-0.1, -0.05) is 0 Å². The molecule has 0 unspecified atom stereocenters. The SMILES string of the molecule is N#C[Se]c1cccnc1. The number of nitriles is 1. The molecule has 3 heteroatoms. The van der Waals surface area contributed by atoms with E-state index in [0.29, 0.717) is 0 Å². The molecule has 0 N–H and O–H groups in total. The van der Waals surface area contributed by atoms with Gasteiger partial charge in [-0.2, -0.15) is 0 Å². The standard InChI is InChI=1S/C6H4N2Se/c7-5-9-6-2-1-3-8-4-6/h1-4H. The van der Waals surface area contributed by atoms with Crippen molar-refractivity contribution in [3.8, 4) is 4.97 Å². The zero-order valence-corrected chi connectivity index (χ0v) is 6.33. The van der Waals surface area contributed by atoms with Gasteiger partial charge in [-0.3, -0.25) is 0 Å². The van der Waals surface area contributed by atoms with Crippen LogP contribution in [0, 0.1) is 10.2 Å². The normalized spacial score (nSPS) is 8.33. The van der Waals surface area contributed by atoms with Gasteiger partial charge in [-0.05, 0) is 0 Å². The first kappa shape index (κ1) is 6.28. The molecule has 2 nitrogen and oxygen atoms in total. The summed E-state index contributed by atoms with van der Waals surface area (Å²) in [6.07, 6.45) is 3.43. The second-order valence-electron chi connectivity index (χ2n) is 1.38. The van der Waals surface area contributed by atoms with Crippen LogP contribution in [-0.2, 0) is 0 Å². The molecule has 1 heterocycles. The number of rotatable bonds is 1. The van der Waals surface area contributed by atoms with Crippen LogP contribution in [0.25, 0.3) is 0 Å². The fourth-order valence-electron chi connectivity index (χ4n) is 0.460. The van der Waals surface area contributed by atoms with Crippen molar-refractivity contribution in [1.82, 2.24) is 4.98 Å². The molecule has 1 aromatic rings. The Morgan fingerprint density at radius 1 is 1.67 bits per heavy atom. The molecule has 0 amide bonds. The maximum absolute atomic E-state index is 8.27. The minimum atomic E-state index is -0.0474. The second-order valence-corrected chi connectivity index (χ2v) is 3.18. The number of hydrogen-bond donors (Lipinski definition) is 0. The van der Waals surface area contributed by atoms with E-state index in [0.717, 1.165) is 4.46 Å². The average Bonchev–Trinajstić information content (AvgIpc) is 1.91. The number of aromatic nitrogens is 1. The molecule has 0 aliphatic heterocycles. The molecule has 0 spiro atoms. The third kappa shape index (κ3) is 1.85. The molecular weight excluding hydrogens is 179 g/mol. The summed E-state index contributed by atoms with van der Waals surface area (Å²) in [6, 6.07) is 3.75. The van der Waals surface area contributed by atoms with Crippen LogP contribution >= 0.6 is 0 Å². The summed E-state index contributed by atoms with van der Waals surface area (Å²) < 4.78 is 1.03. The third-order valence-electron chi connectivity index (χ3n) is 0.798. The first-order valence-corrected chi connectivity index (χ1v) is 4.11. The molecule has 0 saturated carbocycles. The van der Waals surface area contributed by atoms with Gasteiger partial charge in [-0.15, -0.1) is 0 Å². The van der Waals surface area contributed by atoms with Crippen LogP contribution in [0.4, 0.5) is 0 Å². The van der Waals surface area contributed by atoms with Crippen molar-refractivity contribution in [1.29, 1.82) is 5.26 Å². The van der Waals surface area contributed by atoms with Crippen molar-refractivity contribution in [2.24, 2.45) is 0 Å². The van der Waals surface area contributed by atoms with Crippen molar-refractivity contribution in [2.45, 2.75) is 0 Å². The van der Waals surface area contributed by atoms with E-state index in [4.69, 9.17) is 5.26 Å². The topological polar surface area (TPSA) is 36.7 Å². The first-order valence-electron chi connectivity index (χ1n) is 2.39. The van der Waals surface area contributed by atoms with Gasteiger partial charge in [0.1, 0.15) is 0 Å². The van der Waals surface area contributed by atoms with Crippen molar-refractivity contribution in [2.75, 3.05) is 0 Å². The zero-order valence-electron chi connectivity index (χ0n) is 4.61. The zero-order chi connectivity index (χ0) is 6.53.